The summed E-state index contributed by atoms with van der Waals surface area (Å²) in [4.78, 5) is 0. The van der Waals surface area contributed by atoms with E-state index < -0.39 is 8.80 Å². The van der Waals surface area contributed by atoms with Crippen LogP contribution in [-0.4, -0.2) is 27.1 Å². The molecule has 0 aromatic heterocycles. The van der Waals surface area contributed by atoms with Crippen molar-refractivity contribution in [1.29, 1.82) is 0 Å². The lowest BCUT2D eigenvalue weighted by molar-refractivity contribution is 0.000763. The van der Waals surface area contributed by atoms with E-state index in [9.17, 15) is 0 Å². The molecule has 0 N–H and O–H groups in total. The summed E-state index contributed by atoms with van der Waals surface area (Å²) in [5.41, 5.74) is 1.23. The summed E-state index contributed by atoms with van der Waals surface area (Å²) in [6.07, 6.45) is 3.14. The first kappa shape index (κ1) is 20.4. The summed E-state index contributed by atoms with van der Waals surface area (Å²) in [6.45, 7) is 14.8. The number of hydrogen-bond acceptors (Lipinski definition) is 3. The van der Waals surface area contributed by atoms with E-state index in [0.717, 1.165) is 24.4 Å². The molecule has 0 amide bonds. The normalized spacial score (nSPS) is 18.2. The van der Waals surface area contributed by atoms with Gasteiger partial charge in [-0.15, -0.1) is 0 Å². The van der Waals surface area contributed by atoms with Crippen LogP contribution < -0.4 is 5.19 Å². The van der Waals surface area contributed by atoms with Gasteiger partial charge in [-0.25, -0.2) is 0 Å². The number of rotatable bonds is 10. The monoisotopic (exact) mass is 338 g/mol. The van der Waals surface area contributed by atoms with Crippen LogP contribution in [0.25, 0.3) is 0 Å². The smallest absolute Gasteiger partial charge is 0.367 e. The van der Waals surface area contributed by atoms with Gasteiger partial charge in [0.05, 0.1) is 0 Å². The maximum absolute atomic E-state index is 6.45. The molecule has 132 valence electrons. The van der Waals surface area contributed by atoms with Crippen molar-refractivity contribution in [3.63, 3.8) is 0 Å². The number of hydrogen-bond donors (Lipinski definition) is 0. The highest BCUT2D eigenvalue weighted by molar-refractivity contribution is 6.75. The largest absolute Gasteiger partial charge is 0.537 e. The molecular formula is C19H34O3Si. The van der Waals surface area contributed by atoms with E-state index in [0.29, 0.717) is 0 Å². The van der Waals surface area contributed by atoms with Gasteiger partial charge in [-0.05, 0) is 47.0 Å². The van der Waals surface area contributed by atoms with Crippen LogP contribution in [0.3, 0.4) is 0 Å². The van der Waals surface area contributed by atoms with E-state index in [-0.39, 0.29) is 18.3 Å². The highest BCUT2D eigenvalue weighted by Gasteiger charge is 2.47. The average molecular weight is 339 g/mol. The minimum Gasteiger partial charge on any atom is -0.367 e. The van der Waals surface area contributed by atoms with Gasteiger partial charge in [-0.1, -0.05) is 50.6 Å². The second-order valence-electron chi connectivity index (χ2n) is 6.43. The molecule has 0 heterocycles. The van der Waals surface area contributed by atoms with Crippen LogP contribution in [0.2, 0.25) is 0 Å². The Morgan fingerprint density at radius 3 is 1.39 bits per heavy atom. The fraction of sp³-hybridized carbons (Fsp3) is 0.684. The van der Waals surface area contributed by atoms with Gasteiger partial charge in [0, 0.05) is 23.5 Å². The predicted molar refractivity (Wildman–Crippen MR) is 99.1 cm³/mol. The van der Waals surface area contributed by atoms with Crippen molar-refractivity contribution >= 4 is 14.0 Å². The molecule has 0 saturated heterocycles. The van der Waals surface area contributed by atoms with Crippen molar-refractivity contribution in [3.8, 4) is 0 Å². The minimum absolute atomic E-state index is 0.107. The molecule has 0 spiro atoms. The average Bonchev–Trinajstić information content (AvgIpc) is 2.54. The van der Waals surface area contributed by atoms with Gasteiger partial charge < -0.3 is 13.3 Å². The van der Waals surface area contributed by atoms with Gasteiger partial charge in [-0.2, -0.15) is 0 Å². The topological polar surface area (TPSA) is 27.7 Å². The Balaban J connectivity index is 3.27. The second-order valence-corrected chi connectivity index (χ2v) is 8.83. The first-order valence-electron chi connectivity index (χ1n) is 8.97. The third-order valence-electron chi connectivity index (χ3n) is 4.20. The van der Waals surface area contributed by atoms with E-state index in [4.69, 9.17) is 13.3 Å². The minimum atomic E-state index is -2.95. The van der Waals surface area contributed by atoms with Crippen LogP contribution >= 0.6 is 0 Å². The van der Waals surface area contributed by atoms with Crippen LogP contribution in [0, 0.1) is 6.92 Å². The zero-order chi connectivity index (χ0) is 17.5. The summed E-state index contributed by atoms with van der Waals surface area (Å²) in [6, 6.07) is 8.43. The maximum Gasteiger partial charge on any atom is 0.537 e. The molecule has 0 aliphatic heterocycles. The van der Waals surface area contributed by atoms with Crippen molar-refractivity contribution in [2.24, 2.45) is 0 Å². The molecule has 0 saturated carbocycles. The summed E-state index contributed by atoms with van der Waals surface area (Å²) >= 11 is 0. The first-order chi connectivity index (χ1) is 10.9. The quantitative estimate of drug-likeness (QED) is 0.584. The molecule has 23 heavy (non-hydrogen) atoms. The molecule has 0 fully saturated rings. The van der Waals surface area contributed by atoms with Gasteiger partial charge in [0.1, 0.15) is 0 Å². The SMILES string of the molecule is CCC(C)O[Si](OC(C)CC)(OC(C)CC)c1ccc(C)cc1. The molecule has 3 nitrogen and oxygen atoms in total. The zero-order valence-electron chi connectivity index (χ0n) is 15.9. The van der Waals surface area contributed by atoms with Crippen LogP contribution in [0.4, 0.5) is 0 Å². The summed E-state index contributed by atoms with van der Waals surface area (Å²) < 4.78 is 19.4. The Kier molecular flexibility index (Phi) is 8.48. The Hall–Kier alpha value is -0.683. The molecule has 0 aliphatic rings. The van der Waals surface area contributed by atoms with Gasteiger partial charge in [-0.3, -0.25) is 0 Å². The fourth-order valence-electron chi connectivity index (χ4n) is 2.09. The number of aryl methyl sites for hydroxylation is 1. The Morgan fingerprint density at radius 2 is 1.09 bits per heavy atom. The number of benzene rings is 1. The van der Waals surface area contributed by atoms with Gasteiger partial charge >= 0.3 is 8.80 Å². The van der Waals surface area contributed by atoms with Gasteiger partial charge in [0.15, 0.2) is 0 Å². The lowest BCUT2D eigenvalue weighted by atomic mass is 10.2. The second kappa shape index (κ2) is 9.57. The highest BCUT2D eigenvalue weighted by atomic mass is 28.4. The first-order valence-corrected chi connectivity index (χ1v) is 10.7. The lowest BCUT2D eigenvalue weighted by Crippen LogP contribution is -2.60. The Morgan fingerprint density at radius 1 is 0.739 bits per heavy atom. The van der Waals surface area contributed by atoms with Crippen LogP contribution in [0.1, 0.15) is 66.4 Å². The molecule has 4 heteroatoms. The zero-order valence-corrected chi connectivity index (χ0v) is 16.9. The van der Waals surface area contributed by atoms with Crippen molar-refractivity contribution in [2.45, 2.75) is 86.0 Å². The molecular weight excluding hydrogens is 304 g/mol. The summed E-state index contributed by atoms with van der Waals surface area (Å²) in [5.74, 6) is 0. The molecule has 3 atom stereocenters. The van der Waals surface area contributed by atoms with E-state index in [1.807, 2.05) is 0 Å². The molecule has 3 unspecified atom stereocenters. The van der Waals surface area contributed by atoms with Gasteiger partial charge in [0.25, 0.3) is 0 Å². The molecule has 1 rings (SSSR count). The van der Waals surface area contributed by atoms with Crippen molar-refractivity contribution < 1.29 is 13.3 Å². The predicted octanol–water partition coefficient (Wildman–Crippen LogP) is 4.59. The lowest BCUT2D eigenvalue weighted by Gasteiger charge is -2.36. The maximum atomic E-state index is 6.45. The third kappa shape index (κ3) is 6.03. The summed E-state index contributed by atoms with van der Waals surface area (Å²) in [7, 11) is -2.95. The van der Waals surface area contributed by atoms with Gasteiger partial charge in [0.2, 0.25) is 0 Å². The molecule has 1 aromatic rings. The molecule has 0 aliphatic carbocycles. The van der Waals surface area contributed by atoms with Crippen molar-refractivity contribution in [1.82, 2.24) is 0 Å². The highest BCUT2D eigenvalue weighted by Crippen LogP contribution is 2.21. The third-order valence-corrected chi connectivity index (χ3v) is 7.38. The van der Waals surface area contributed by atoms with Crippen molar-refractivity contribution in [3.05, 3.63) is 29.8 Å². The van der Waals surface area contributed by atoms with E-state index in [1.165, 1.54) is 5.56 Å². The summed E-state index contributed by atoms with van der Waals surface area (Å²) in [5, 5.41) is 1.06. The fourth-order valence-corrected chi connectivity index (χ4v) is 5.33. The van der Waals surface area contributed by atoms with E-state index in [1.54, 1.807) is 0 Å². The molecule has 0 radical (unpaired) electrons. The van der Waals surface area contributed by atoms with Crippen LogP contribution in [0.5, 0.6) is 0 Å². The molecule has 1 aromatic carbocycles. The van der Waals surface area contributed by atoms with Crippen LogP contribution in [-0.2, 0) is 13.3 Å². The molecule has 0 bridgehead atoms. The Bertz CT molecular complexity index is 415. The van der Waals surface area contributed by atoms with E-state index >= 15 is 0 Å². The van der Waals surface area contributed by atoms with Crippen LogP contribution in [0.15, 0.2) is 24.3 Å². The standard InChI is InChI=1S/C19H34O3Si/c1-8-16(5)20-23(21-17(6)9-2,22-18(7)10-3)19-13-11-15(4)12-14-19/h11-14,16-18H,8-10H2,1-7H3. The Labute approximate surface area is 143 Å². The van der Waals surface area contributed by atoms with Crippen molar-refractivity contribution in [2.75, 3.05) is 0 Å². The van der Waals surface area contributed by atoms with E-state index in [2.05, 4.69) is 72.7 Å².